The second-order valence-electron chi connectivity index (χ2n) is 2.65. The van der Waals surface area contributed by atoms with Gasteiger partial charge in [-0.25, -0.2) is 0 Å². The van der Waals surface area contributed by atoms with Crippen LogP contribution in [0, 0.1) is 11.3 Å². The van der Waals surface area contributed by atoms with Crippen molar-refractivity contribution in [2.45, 2.75) is 0 Å². The van der Waals surface area contributed by atoms with Crippen molar-refractivity contribution in [1.82, 2.24) is 10.2 Å². The first kappa shape index (κ1) is 7.56. The highest BCUT2D eigenvalue weighted by Gasteiger charge is 1.99. The first-order valence-electron chi connectivity index (χ1n) is 3.90. The van der Waals surface area contributed by atoms with Gasteiger partial charge in [-0.3, -0.25) is 5.10 Å². The van der Waals surface area contributed by atoms with Gasteiger partial charge >= 0.3 is 0 Å². The van der Waals surface area contributed by atoms with Gasteiger partial charge in [-0.1, -0.05) is 12.1 Å². The van der Waals surface area contributed by atoms with Crippen molar-refractivity contribution in [3.05, 3.63) is 42.1 Å². The van der Waals surface area contributed by atoms with Gasteiger partial charge in [0, 0.05) is 11.8 Å². The van der Waals surface area contributed by atoms with Crippen molar-refractivity contribution in [3.63, 3.8) is 0 Å². The summed E-state index contributed by atoms with van der Waals surface area (Å²) in [6.45, 7) is 0. The molecule has 0 aliphatic heterocycles. The lowest BCUT2D eigenvalue weighted by Gasteiger charge is -1.95. The fraction of sp³-hybridized carbons (Fsp3) is 0. The van der Waals surface area contributed by atoms with Crippen molar-refractivity contribution in [3.8, 4) is 17.3 Å². The number of hydrogen-bond donors (Lipinski definition) is 1. The first-order valence-corrected chi connectivity index (χ1v) is 3.90. The van der Waals surface area contributed by atoms with Crippen molar-refractivity contribution in [2.75, 3.05) is 0 Å². The molecule has 0 saturated carbocycles. The standard InChI is InChI=1S/C10H7N3/c11-7-8-2-1-3-9(6-8)10-4-5-12-13-10/h1-6H,(H,12,13). The number of benzene rings is 1. The average Bonchev–Trinajstić information content (AvgIpc) is 2.71. The van der Waals surface area contributed by atoms with Gasteiger partial charge in [0.2, 0.25) is 0 Å². The molecule has 2 aromatic rings. The third-order valence-corrected chi connectivity index (χ3v) is 1.79. The van der Waals surface area contributed by atoms with E-state index in [9.17, 15) is 0 Å². The fourth-order valence-corrected chi connectivity index (χ4v) is 1.17. The van der Waals surface area contributed by atoms with E-state index in [2.05, 4.69) is 16.3 Å². The summed E-state index contributed by atoms with van der Waals surface area (Å²) in [7, 11) is 0. The van der Waals surface area contributed by atoms with Crippen LogP contribution in [0.15, 0.2) is 36.5 Å². The summed E-state index contributed by atoms with van der Waals surface area (Å²) in [6.07, 6.45) is 1.76. The highest BCUT2D eigenvalue weighted by atomic mass is 15.1. The number of aromatic nitrogens is 2. The third-order valence-electron chi connectivity index (χ3n) is 1.79. The Kier molecular flexibility index (Phi) is 1.81. The molecule has 0 radical (unpaired) electrons. The fourth-order valence-electron chi connectivity index (χ4n) is 1.17. The van der Waals surface area contributed by atoms with E-state index in [1.807, 2.05) is 24.3 Å². The number of nitrogens with zero attached hydrogens (tertiary/aromatic N) is 2. The molecule has 0 saturated heterocycles. The van der Waals surface area contributed by atoms with Crippen LogP contribution in [0.25, 0.3) is 11.3 Å². The summed E-state index contributed by atoms with van der Waals surface area (Å²) in [5.41, 5.74) is 2.47. The Morgan fingerprint density at radius 2 is 2.23 bits per heavy atom. The van der Waals surface area contributed by atoms with Gasteiger partial charge in [-0.2, -0.15) is 10.4 Å². The Balaban J connectivity index is 2.49. The first-order chi connectivity index (χ1) is 6.40. The molecule has 0 atom stereocenters. The molecule has 0 aliphatic rings. The molecular formula is C10H7N3. The van der Waals surface area contributed by atoms with E-state index >= 15 is 0 Å². The molecule has 13 heavy (non-hydrogen) atoms. The van der Waals surface area contributed by atoms with Crippen LogP contribution in [-0.2, 0) is 0 Å². The van der Waals surface area contributed by atoms with Gasteiger partial charge < -0.3 is 0 Å². The number of nitriles is 1. The minimum atomic E-state index is 0.653. The van der Waals surface area contributed by atoms with Crippen LogP contribution in [0.1, 0.15) is 5.56 Å². The highest BCUT2D eigenvalue weighted by Crippen LogP contribution is 2.16. The van der Waals surface area contributed by atoms with Crippen LogP contribution in [0.5, 0.6) is 0 Å². The lowest BCUT2D eigenvalue weighted by molar-refractivity contribution is 1.10. The number of rotatable bonds is 1. The lowest BCUT2D eigenvalue weighted by Crippen LogP contribution is -1.79. The Hall–Kier alpha value is -2.08. The molecule has 2 rings (SSSR count). The lowest BCUT2D eigenvalue weighted by atomic mass is 10.1. The topological polar surface area (TPSA) is 52.5 Å². The molecule has 1 aromatic heterocycles. The Bertz CT molecular complexity index is 437. The second-order valence-corrected chi connectivity index (χ2v) is 2.65. The molecule has 0 fully saturated rings. The van der Waals surface area contributed by atoms with E-state index in [0.29, 0.717) is 5.56 Å². The van der Waals surface area contributed by atoms with E-state index in [4.69, 9.17) is 5.26 Å². The van der Waals surface area contributed by atoms with Crippen molar-refractivity contribution in [2.24, 2.45) is 0 Å². The number of H-pyrrole nitrogens is 1. The van der Waals surface area contributed by atoms with E-state index < -0.39 is 0 Å². The van der Waals surface area contributed by atoms with Crippen molar-refractivity contribution < 1.29 is 0 Å². The summed E-state index contributed by atoms with van der Waals surface area (Å²) < 4.78 is 0. The maximum Gasteiger partial charge on any atom is 0.0991 e. The van der Waals surface area contributed by atoms with E-state index in [1.54, 1.807) is 12.3 Å². The van der Waals surface area contributed by atoms with Gasteiger partial charge in [-0.15, -0.1) is 0 Å². The average molecular weight is 169 g/mol. The van der Waals surface area contributed by atoms with Crippen LogP contribution in [0.2, 0.25) is 0 Å². The molecular weight excluding hydrogens is 162 g/mol. The molecule has 0 spiro atoms. The smallest absolute Gasteiger partial charge is 0.0991 e. The van der Waals surface area contributed by atoms with Gasteiger partial charge in [0.05, 0.1) is 17.3 Å². The van der Waals surface area contributed by atoms with E-state index in [-0.39, 0.29) is 0 Å². The van der Waals surface area contributed by atoms with Crippen LogP contribution in [-0.4, -0.2) is 10.2 Å². The quantitative estimate of drug-likeness (QED) is 0.709. The number of nitrogens with one attached hydrogen (secondary N) is 1. The second kappa shape index (κ2) is 3.11. The summed E-state index contributed by atoms with van der Waals surface area (Å²) in [5.74, 6) is 0. The van der Waals surface area contributed by atoms with Gasteiger partial charge in [0.1, 0.15) is 0 Å². The summed E-state index contributed by atoms with van der Waals surface area (Å²) >= 11 is 0. The van der Waals surface area contributed by atoms with Gasteiger partial charge in [0.15, 0.2) is 0 Å². The minimum absolute atomic E-state index is 0.653. The largest absolute Gasteiger partial charge is 0.285 e. The van der Waals surface area contributed by atoms with Crippen molar-refractivity contribution >= 4 is 0 Å². The molecule has 0 unspecified atom stereocenters. The minimum Gasteiger partial charge on any atom is -0.285 e. The van der Waals surface area contributed by atoms with E-state index in [1.165, 1.54) is 0 Å². The molecule has 3 heteroatoms. The summed E-state index contributed by atoms with van der Waals surface area (Å²) in [4.78, 5) is 0. The third kappa shape index (κ3) is 1.42. The number of aromatic amines is 1. The Labute approximate surface area is 75.6 Å². The zero-order valence-corrected chi connectivity index (χ0v) is 6.86. The SMILES string of the molecule is N#Cc1cccc(-c2cc[nH]n2)c1. The Morgan fingerprint density at radius 3 is 2.92 bits per heavy atom. The Morgan fingerprint density at radius 1 is 1.31 bits per heavy atom. The zero-order chi connectivity index (χ0) is 9.10. The molecule has 0 bridgehead atoms. The summed E-state index contributed by atoms with van der Waals surface area (Å²) in [5, 5.41) is 15.4. The van der Waals surface area contributed by atoms with Crippen LogP contribution < -0.4 is 0 Å². The molecule has 1 N–H and O–H groups in total. The normalized spacial score (nSPS) is 9.46. The van der Waals surface area contributed by atoms with Crippen LogP contribution in [0.3, 0.4) is 0 Å². The molecule has 0 amide bonds. The molecule has 1 heterocycles. The van der Waals surface area contributed by atoms with Gasteiger partial charge in [-0.05, 0) is 18.2 Å². The van der Waals surface area contributed by atoms with Crippen molar-refractivity contribution in [1.29, 1.82) is 5.26 Å². The predicted molar refractivity (Wildman–Crippen MR) is 48.7 cm³/mol. The van der Waals surface area contributed by atoms with Crippen LogP contribution in [0.4, 0.5) is 0 Å². The molecule has 0 aliphatic carbocycles. The maximum absolute atomic E-state index is 8.68. The van der Waals surface area contributed by atoms with Crippen LogP contribution >= 0.6 is 0 Å². The highest BCUT2D eigenvalue weighted by molar-refractivity contribution is 5.60. The zero-order valence-electron chi connectivity index (χ0n) is 6.86. The molecule has 1 aromatic carbocycles. The maximum atomic E-state index is 8.68. The number of hydrogen-bond acceptors (Lipinski definition) is 2. The van der Waals surface area contributed by atoms with E-state index in [0.717, 1.165) is 11.3 Å². The predicted octanol–water partition coefficient (Wildman–Crippen LogP) is 1.95. The monoisotopic (exact) mass is 169 g/mol. The molecule has 62 valence electrons. The summed E-state index contributed by atoms with van der Waals surface area (Å²) in [6, 6.07) is 11.3. The van der Waals surface area contributed by atoms with Gasteiger partial charge in [0.25, 0.3) is 0 Å². The molecule has 3 nitrogen and oxygen atoms in total.